The summed E-state index contributed by atoms with van der Waals surface area (Å²) in [6.45, 7) is 0. The lowest BCUT2D eigenvalue weighted by atomic mass is 10.1. The molecule has 2 aromatic carbocycles. The van der Waals surface area contributed by atoms with Crippen molar-refractivity contribution < 1.29 is 22.8 Å². The molecule has 0 bridgehead atoms. The minimum atomic E-state index is -4.38. The molecule has 0 aromatic heterocycles. The smallest absolute Gasteiger partial charge is 0.273 e. The number of amides is 2. The van der Waals surface area contributed by atoms with Gasteiger partial charge in [0.25, 0.3) is 5.91 Å². The number of halogens is 4. The number of hydrazine groups is 1. The van der Waals surface area contributed by atoms with Crippen molar-refractivity contribution in [3.05, 3.63) is 70.2 Å². The van der Waals surface area contributed by atoms with Crippen LogP contribution in [0.15, 0.2) is 48.5 Å². The fourth-order valence-corrected chi connectivity index (χ4v) is 2.78. The number of hydrogen-bond acceptors (Lipinski definition) is 2. The summed E-state index contributed by atoms with van der Waals surface area (Å²) in [4.78, 5) is 24.0. The summed E-state index contributed by atoms with van der Waals surface area (Å²) >= 11 is 5.74. The molecule has 2 amide bonds. The fraction of sp³-hybridized carbons (Fsp3) is 0.222. The molecule has 1 fully saturated rings. The molecule has 8 heteroatoms. The van der Waals surface area contributed by atoms with E-state index in [0.29, 0.717) is 22.6 Å². The van der Waals surface area contributed by atoms with Crippen LogP contribution in [0, 0.1) is 5.92 Å². The van der Waals surface area contributed by atoms with E-state index in [0.717, 1.165) is 12.1 Å². The highest BCUT2D eigenvalue weighted by Crippen LogP contribution is 2.47. The predicted molar refractivity (Wildman–Crippen MR) is 89.4 cm³/mol. The monoisotopic (exact) mass is 382 g/mol. The molecule has 0 aliphatic heterocycles. The zero-order valence-corrected chi connectivity index (χ0v) is 14.1. The average Bonchev–Trinajstić information content (AvgIpc) is 3.40. The summed E-state index contributed by atoms with van der Waals surface area (Å²) < 4.78 is 37.7. The Hall–Kier alpha value is -2.54. The van der Waals surface area contributed by atoms with Gasteiger partial charge in [0.15, 0.2) is 0 Å². The van der Waals surface area contributed by atoms with Crippen LogP contribution in [-0.4, -0.2) is 11.8 Å². The van der Waals surface area contributed by atoms with Gasteiger partial charge in [0, 0.05) is 16.5 Å². The topological polar surface area (TPSA) is 58.2 Å². The molecule has 2 atom stereocenters. The van der Waals surface area contributed by atoms with Crippen molar-refractivity contribution in [3.63, 3.8) is 0 Å². The summed E-state index contributed by atoms with van der Waals surface area (Å²) in [6, 6.07) is 10.9. The van der Waals surface area contributed by atoms with Crippen molar-refractivity contribution >= 4 is 23.4 Å². The lowest BCUT2D eigenvalue weighted by Gasteiger charge is -2.08. The molecule has 0 saturated heterocycles. The Balaban J connectivity index is 1.52. The minimum absolute atomic E-state index is 0.148. The molecule has 1 aliphatic rings. The Bertz CT molecular complexity index is 820. The van der Waals surface area contributed by atoms with Crippen molar-refractivity contribution in [1.29, 1.82) is 0 Å². The van der Waals surface area contributed by atoms with E-state index < -0.39 is 17.6 Å². The maximum atomic E-state index is 12.6. The number of carbonyl (C=O) groups is 2. The van der Waals surface area contributed by atoms with Crippen LogP contribution in [0.4, 0.5) is 13.2 Å². The van der Waals surface area contributed by atoms with Crippen LogP contribution in [0.25, 0.3) is 0 Å². The van der Waals surface area contributed by atoms with Gasteiger partial charge in [-0.15, -0.1) is 0 Å². The molecule has 2 unspecified atom stereocenters. The highest BCUT2D eigenvalue weighted by atomic mass is 35.5. The van der Waals surface area contributed by atoms with E-state index in [1.807, 2.05) is 0 Å². The zero-order chi connectivity index (χ0) is 18.9. The van der Waals surface area contributed by atoms with Crippen LogP contribution in [0.1, 0.15) is 33.8 Å². The first-order valence-electron chi connectivity index (χ1n) is 7.78. The first-order chi connectivity index (χ1) is 12.3. The quantitative estimate of drug-likeness (QED) is 0.790. The molecule has 0 heterocycles. The Morgan fingerprint density at radius 2 is 1.58 bits per heavy atom. The zero-order valence-electron chi connectivity index (χ0n) is 13.3. The van der Waals surface area contributed by atoms with E-state index in [1.165, 1.54) is 24.3 Å². The average molecular weight is 383 g/mol. The third kappa shape index (κ3) is 4.16. The first kappa shape index (κ1) is 18.3. The van der Waals surface area contributed by atoms with E-state index in [9.17, 15) is 22.8 Å². The van der Waals surface area contributed by atoms with Crippen LogP contribution in [0.2, 0.25) is 5.02 Å². The van der Waals surface area contributed by atoms with E-state index in [1.54, 1.807) is 12.1 Å². The van der Waals surface area contributed by atoms with Gasteiger partial charge >= 0.3 is 6.18 Å². The SMILES string of the molecule is O=C(NNC(=O)C1CC1c1ccc(C(F)(F)F)cc1)c1ccc(Cl)cc1. The molecule has 136 valence electrons. The maximum absolute atomic E-state index is 12.6. The molecular weight excluding hydrogens is 369 g/mol. The van der Waals surface area contributed by atoms with E-state index in [-0.39, 0.29) is 17.7 Å². The molecular formula is C18H14ClF3N2O2. The second kappa shape index (κ2) is 6.99. The van der Waals surface area contributed by atoms with Gasteiger partial charge in [-0.2, -0.15) is 13.2 Å². The molecule has 3 rings (SSSR count). The second-order valence-electron chi connectivity index (χ2n) is 6.02. The number of hydrogen-bond donors (Lipinski definition) is 2. The highest BCUT2D eigenvalue weighted by Gasteiger charge is 2.44. The summed E-state index contributed by atoms with van der Waals surface area (Å²) in [5.41, 5.74) is 4.93. The number of benzene rings is 2. The number of rotatable bonds is 3. The van der Waals surface area contributed by atoms with Gasteiger partial charge in [-0.25, -0.2) is 0 Å². The molecule has 0 spiro atoms. The standard InChI is InChI=1S/C18H14ClF3N2O2/c19-13-7-3-11(4-8-13)16(25)23-24-17(26)15-9-14(15)10-1-5-12(6-2-10)18(20,21)22/h1-8,14-15H,9H2,(H,23,25)(H,24,26). The number of nitrogens with one attached hydrogen (secondary N) is 2. The largest absolute Gasteiger partial charge is 0.416 e. The highest BCUT2D eigenvalue weighted by molar-refractivity contribution is 6.30. The minimum Gasteiger partial charge on any atom is -0.273 e. The van der Waals surface area contributed by atoms with Crippen LogP contribution < -0.4 is 10.9 Å². The van der Waals surface area contributed by atoms with Crippen molar-refractivity contribution in [2.75, 3.05) is 0 Å². The summed E-state index contributed by atoms with van der Waals surface area (Å²) in [6.07, 6.45) is -3.86. The summed E-state index contributed by atoms with van der Waals surface area (Å²) in [5.74, 6) is -1.39. The first-order valence-corrected chi connectivity index (χ1v) is 8.16. The van der Waals surface area contributed by atoms with E-state index in [4.69, 9.17) is 11.6 Å². The Labute approximate surface area is 152 Å². The van der Waals surface area contributed by atoms with E-state index in [2.05, 4.69) is 10.9 Å². The Morgan fingerprint density at radius 1 is 0.962 bits per heavy atom. The normalized spacial score (nSPS) is 18.9. The predicted octanol–water partition coefficient (Wildman–Crippen LogP) is 3.92. The van der Waals surface area contributed by atoms with Crippen molar-refractivity contribution in [2.24, 2.45) is 5.92 Å². The van der Waals surface area contributed by atoms with Crippen LogP contribution in [0.5, 0.6) is 0 Å². The van der Waals surface area contributed by atoms with Gasteiger partial charge in [0.2, 0.25) is 5.91 Å². The lowest BCUT2D eigenvalue weighted by molar-refractivity contribution is -0.137. The fourth-order valence-electron chi connectivity index (χ4n) is 2.66. The molecule has 0 radical (unpaired) electrons. The Morgan fingerprint density at radius 3 is 2.15 bits per heavy atom. The van der Waals surface area contributed by atoms with Gasteiger partial charge in [-0.05, 0) is 54.3 Å². The second-order valence-corrected chi connectivity index (χ2v) is 6.46. The summed E-state index contributed by atoms with van der Waals surface area (Å²) in [5, 5.41) is 0.489. The lowest BCUT2D eigenvalue weighted by Crippen LogP contribution is -2.42. The molecule has 2 aromatic rings. The maximum Gasteiger partial charge on any atom is 0.416 e. The molecule has 1 saturated carbocycles. The summed E-state index contributed by atoms with van der Waals surface area (Å²) in [7, 11) is 0. The molecule has 2 N–H and O–H groups in total. The third-order valence-corrected chi connectivity index (χ3v) is 4.45. The third-order valence-electron chi connectivity index (χ3n) is 4.20. The molecule has 1 aliphatic carbocycles. The molecule has 26 heavy (non-hydrogen) atoms. The van der Waals surface area contributed by atoms with Gasteiger partial charge in [0.1, 0.15) is 0 Å². The van der Waals surface area contributed by atoms with Crippen molar-refractivity contribution in [1.82, 2.24) is 10.9 Å². The van der Waals surface area contributed by atoms with Crippen LogP contribution in [-0.2, 0) is 11.0 Å². The van der Waals surface area contributed by atoms with Gasteiger partial charge < -0.3 is 0 Å². The number of alkyl halides is 3. The molecule has 4 nitrogen and oxygen atoms in total. The number of carbonyl (C=O) groups excluding carboxylic acids is 2. The van der Waals surface area contributed by atoms with Gasteiger partial charge in [-0.3, -0.25) is 20.4 Å². The van der Waals surface area contributed by atoms with Gasteiger partial charge in [-0.1, -0.05) is 23.7 Å². The Kier molecular flexibility index (Phi) is 4.91. The van der Waals surface area contributed by atoms with Gasteiger partial charge in [0.05, 0.1) is 5.56 Å². The van der Waals surface area contributed by atoms with E-state index >= 15 is 0 Å². The van der Waals surface area contributed by atoms with Crippen LogP contribution in [0.3, 0.4) is 0 Å². The van der Waals surface area contributed by atoms with Crippen molar-refractivity contribution in [2.45, 2.75) is 18.5 Å². The van der Waals surface area contributed by atoms with Crippen LogP contribution >= 0.6 is 11.6 Å². The van der Waals surface area contributed by atoms with Crippen molar-refractivity contribution in [3.8, 4) is 0 Å².